The normalized spacial score (nSPS) is 12.9. The van der Waals surface area contributed by atoms with Crippen LogP contribution in [0.15, 0.2) is 40.3 Å². The van der Waals surface area contributed by atoms with E-state index in [4.69, 9.17) is 5.73 Å². The Morgan fingerprint density at radius 3 is 2.21 bits per heavy atom. The molecule has 1 rings (SSSR count). The Kier molecular flexibility index (Phi) is 2.96. The highest BCUT2D eigenvalue weighted by atomic mass is 32.2. The van der Waals surface area contributed by atoms with Gasteiger partial charge in [0.15, 0.2) is 0 Å². The molecular weight excluding hydrogens is 198 g/mol. The summed E-state index contributed by atoms with van der Waals surface area (Å²) in [6.07, 6.45) is 0. The lowest BCUT2D eigenvalue weighted by molar-refractivity contribution is 0.604. The molecule has 0 radical (unpaired) electrons. The maximum atomic E-state index is 11.6. The molecule has 0 saturated heterocycles. The number of rotatable bonds is 2. The largest absolute Gasteiger partial charge is 0.402 e. The molecule has 0 unspecified atom stereocenters. The second kappa shape index (κ2) is 3.84. The molecule has 0 aliphatic heterocycles. The number of aryl methyl sites for hydroxylation is 1. The van der Waals surface area contributed by atoms with Gasteiger partial charge in [-0.1, -0.05) is 17.7 Å². The fourth-order valence-corrected chi connectivity index (χ4v) is 2.18. The van der Waals surface area contributed by atoms with Crippen molar-refractivity contribution in [3.63, 3.8) is 0 Å². The number of allylic oxidation sites excluding steroid dienone is 1. The van der Waals surface area contributed by atoms with Crippen molar-refractivity contribution >= 4 is 9.84 Å². The van der Waals surface area contributed by atoms with Gasteiger partial charge in [0.2, 0.25) is 9.84 Å². The van der Waals surface area contributed by atoms with Crippen LogP contribution in [0.25, 0.3) is 0 Å². The molecule has 2 N–H and O–H groups in total. The smallest absolute Gasteiger partial charge is 0.201 e. The number of hydrogen-bond donors (Lipinski definition) is 1. The van der Waals surface area contributed by atoms with Gasteiger partial charge in [-0.25, -0.2) is 8.42 Å². The lowest BCUT2D eigenvalue weighted by Crippen LogP contribution is -2.01. The first-order valence-corrected chi connectivity index (χ1v) is 5.72. The fourth-order valence-electron chi connectivity index (χ4n) is 1.04. The Balaban J connectivity index is 3.18. The molecule has 76 valence electrons. The van der Waals surface area contributed by atoms with Gasteiger partial charge in [0, 0.05) is 5.70 Å². The summed E-state index contributed by atoms with van der Waals surface area (Å²) in [5, 5.41) is 1.07. The van der Waals surface area contributed by atoms with Crippen molar-refractivity contribution in [1.82, 2.24) is 0 Å². The van der Waals surface area contributed by atoms with E-state index in [2.05, 4.69) is 0 Å². The topological polar surface area (TPSA) is 60.2 Å². The molecule has 3 nitrogen and oxygen atoms in total. The van der Waals surface area contributed by atoms with Gasteiger partial charge in [0.1, 0.15) is 0 Å². The first kappa shape index (κ1) is 10.8. The monoisotopic (exact) mass is 211 g/mol. The third-order valence-corrected chi connectivity index (χ3v) is 3.30. The van der Waals surface area contributed by atoms with Crippen LogP contribution in [0.1, 0.15) is 12.5 Å². The summed E-state index contributed by atoms with van der Waals surface area (Å²) >= 11 is 0. The zero-order chi connectivity index (χ0) is 10.8. The molecule has 14 heavy (non-hydrogen) atoms. The van der Waals surface area contributed by atoms with Crippen molar-refractivity contribution in [1.29, 1.82) is 0 Å². The standard InChI is InChI=1S/C10H13NO2S/c1-8-3-5-10(6-4-8)14(12,13)7-9(2)11/h3-7H,11H2,1-2H3/b9-7+. The van der Waals surface area contributed by atoms with E-state index in [1.54, 1.807) is 31.2 Å². The molecule has 0 aliphatic rings. The zero-order valence-corrected chi connectivity index (χ0v) is 9.01. The summed E-state index contributed by atoms with van der Waals surface area (Å²) in [5.74, 6) is 0. The van der Waals surface area contributed by atoms with Crippen molar-refractivity contribution < 1.29 is 8.42 Å². The quantitative estimate of drug-likeness (QED) is 0.808. The van der Waals surface area contributed by atoms with Crippen molar-refractivity contribution in [3.05, 3.63) is 40.9 Å². The van der Waals surface area contributed by atoms with Gasteiger partial charge in [-0.2, -0.15) is 0 Å². The van der Waals surface area contributed by atoms with E-state index in [1.807, 2.05) is 6.92 Å². The summed E-state index contributed by atoms with van der Waals surface area (Å²) in [6, 6.07) is 6.66. The van der Waals surface area contributed by atoms with Crippen molar-refractivity contribution in [2.24, 2.45) is 5.73 Å². The van der Waals surface area contributed by atoms with Crippen LogP contribution in [0.2, 0.25) is 0 Å². The molecule has 0 atom stereocenters. The molecule has 0 spiro atoms. The molecule has 0 fully saturated rings. The Morgan fingerprint density at radius 2 is 1.79 bits per heavy atom. The summed E-state index contributed by atoms with van der Waals surface area (Å²) in [7, 11) is -3.36. The van der Waals surface area contributed by atoms with Crippen LogP contribution in [0.3, 0.4) is 0 Å². The molecular formula is C10H13NO2S. The van der Waals surface area contributed by atoms with Gasteiger partial charge in [0.25, 0.3) is 0 Å². The van der Waals surface area contributed by atoms with E-state index in [1.165, 1.54) is 0 Å². The van der Waals surface area contributed by atoms with Crippen molar-refractivity contribution in [2.75, 3.05) is 0 Å². The van der Waals surface area contributed by atoms with Gasteiger partial charge in [-0.15, -0.1) is 0 Å². The van der Waals surface area contributed by atoms with Crippen LogP contribution in [0.4, 0.5) is 0 Å². The van der Waals surface area contributed by atoms with Crippen molar-refractivity contribution in [2.45, 2.75) is 18.7 Å². The highest BCUT2D eigenvalue weighted by molar-refractivity contribution is 7.94. The SMILES string of the molecule is C/C(N)=C\S(=O)(=O)c1ccc(C)cc1. The van der Waals surface area contributed by atoms with E-state index in [0.29, 0.717) is 0 Å². The van der Waals surface area contributed by atoms with E-state index in [9.17, 15) is 8.42 Å². The average molecular weight is 211 g/mol. The molecule has 0 heterocycles. The number of sulfone groups is 1. The predicted octanol–water partition coefficient (Wildman–Crippen LogP) is 1.59. The van der Waals surface area contributed by atoms with E-state index in [0.717, 1.165) is 11.0 Å². The molecule has 0 amide bonds. The molecule has 4 heteroatoms. The number of hydrogen-bond acceptors (Lipinski definition) is 3. The van der Waals surface area contributed by atoms with Crippen LogP contribution in [-0.2, 0) is 9.84 Å². The first-order valence-electron chi connectivity index (χ1n) is 4.17. The van der Waals surface area contributed by atoms with E-state index >= 15 is 0 Å². The third kappa shape index (κ3) is 2.60. The minimum atomic E-state index is -3.36. The minimum Gasteiger partial charge on any atom is -0.402 e. The molecule has 0 saturated carbocycles. The van der Waals surface area contributed by atoms with Crippen LogP contribution >= 0.6 is 0 Å². The first-order chi connectivity index (χ1) is 6.42. The van der Waals surface area contributed by atoms with Gasteiger partial charge < -0.3 is 5.73 Å². The Hall–Kier alpha value is -1.29. The molecule has 0 aromatic heterocycles. The lowest BCUT2D eigenvalue weighted by Gasteiger charge is -2.00. The van der Waals surface area contributed by atoms with Crippen LogP contribution in [0, 0.1) is 6.92 Å². The van der Waals surface area contributed by atoms with Crippen LogP contribution in [0.5, 0.6) is 0 Å². The fraction of sp³-hybridized carbons (Fsp3) is 0.200. The second-order valence-corrected chi connectivity index (χ2v) is 5.02. The second-order valence-electron chi connectivity index (χ2n) is 3.22. The molecule has 1 aromatic rings. The lowest BCUT2D eigenvalue weighted by atomic mass is 10.2. The molecule has 1 aromatic carbocycles. The van der Waals surface area contributed by atoms with E-state index in [-0.39, 0.29) is 10.6 Å². The van der Waals surface area contributed by atoms with Crippen LogP contribution in [-0.4, -0.2) is 8.42 Å². The third-order valence-electron chi connectivity index (χ3n) is 1.69. The zero-order valence-electron chi connectivity index (χ0n) is 8.19. The Bertz CT molecular complexity index is 440. The van der Waals surface area contributed by atoms with Gasteiger partial charge in [-0.05, 0) is 26.0 Å². The van der Waals surface area contributed by atoms with Gasteiger partial charge in [0.05, 0.1) is 10.3 Å². The molecule has 0 bridgehead atoms. The Morgan fingerprint density at radius 1 is 1.29 bits per heavy atom. The van der Waals surface area contributed by atoms with Gasteiger partial charge >= 0.3 is 0 Å². The van der Waals surface area contributed by atoms with E-state index < -0.39 is 9.84 Å². The summed E-state index contributed by atoms with van der Waals surface area (Å²) in [5.41, 5.74) is 6.64. The maximum Gasteiger partial charge on any atom is 0.201 e. The highest BCUT2D eigenvalue weighted by Crippen LogP contribution is 2.13. The minimum absolute atomic E-state index is 0.271. The number of benzene rings is 1. The highest BCUT2D eigenvalue weighted by Gasteiger charge is 2.09. The van der Waals surface area contributed by atoms with Crippen LogP contribution < -0.4 is 5.73 Å². The molecule has 0 aliphatic carbocycles. The maximum absolute atomic E-state index is 11.6. The summed E-state index contributed by atoms with van der Waals surface area (Å²) < 4.78 is 23.2. The van der Waals surface area contributed by atoms with Crippen molar-refractivity contribution in [3.8, 4) is 0 Å². The predicted molar refractivity (Wildman–Crippen MR) is 56.3 cm³/mol. The summed E-state index contributed by atoms with van der Waals surface area (Å²) in [6.45, 7) is 3.45. The van der Waals surface area contributed by atoms with Gasteiger partial charge in [-0.3, -0.25) is 0 Å². The average Bonchev–Trinajstić information content (AvgIpc) is 2.02. The summed E-state index contributed by atoms with van der Waals surface area (Å²) in [4.78, 5) is 0.271. The number of nitrogens with two attached hydrogens (primary N) is 1. The Labute approximate surface area is 84.2 Å².